The van der Waals surface area contributed by atoms with Crippen LogP contribution in [0.4, 0.5) is 0 Å². The van der Waals surface area contributed by atoms with Gasteiger partial charge in [0.25, 0.3) is 0 Å². The number of aliphatic hydroxyl groups excluding tert-OH is 2. The predicted octanol–water partition coefficient (Wildman–Crippen LogP) is 0.662. The highest BCUT2D eigenvalue weighted by Gasteiger charge is 2.51. The van der Waals surface area contributed by atoms with Gasteiger partial charge in [0.05, 0.1) is 26.4 Å². The predicted molar refractivity (Wildman–Crippen MR) is 87.4 cm³/mol. The minimum atomic E-state index is -0.672. The van der Waals surface area contributed by atoms with E-state index in [0.717, 1.165) is 23.2 Å². The Morgan fingerprint density at radius 2 is 1.79 bits per heavy atom. The summed E-state index contributed by atoms with van der Waals surface area (Å²) in [7, 11) is 4.81. The van der Waals surface area contributed by atoms with E-state index in [2.05, 4.69) is 4.90 Å². The van der Waals surface area contributed by atoms with Crippen molar-refractivity contribution < 1.29 is 24.4 Å². The number of hydrogen-bond donors (Lipinski definition) is 2. The quantitative estimate of drug-likeness (QED) is 0.792. The van der Waals surface area contributed by atoms with E-state index in [0.29, 0.717) is 18.0 Å². The summed E-state index contributed by atoms with van der Waals surface area (Å²) in [5.41, 5.74) is 3.10. The average Bonchev–Trinajstić information content (AvgIpc) is 2.90. The molecule has 1 aromatic rings. The van der Waals surface area contributed by atoms with Crippen LogP contribution >= 0.6 is 0 Å². The molecular weight excluding hydrogens is 310 g/mol. The number of nitrogens with zero attached hydrogens (tertiary/aromatic N) is 1. The van der Waals surface area contributed by atoms with Gasteiger partial charge in [-0.05, 0) is 34.9 Å². The first kappa shape index (κ1) is 15.9. The Hall–Kier alpha value is -1.60. The van der Waals surface area contributed by atoms with Crippen LogP contribution < -0.4 is 9.47 Å². The van der Waals surface area contributed by atoms with Crippen LogP contribution in [0.25, 0.3) is 0 Å². The standard InChI is InChI=1S/C18H23NO5/c1-22-13-4-9-7-19-8-12(20)11-6-15(24-3)18(21)16(17(11)19)10(9)5-14(13)23-2/h4-6,12,15-18,20-21H,7-8H2,1-3H3/t12-,15+,16+,17-,18-/m1/s1. The molecule has 6 heteroatoms. The van der Waals surface area contributed by atoms with E-state index in [1.165, 1.54) is 0 Å². The van der Waals surface area contributed by atoms with Crippen molar-refractivity contribution in [2.45, 2.75) is 36.8 Å². The molecule has 2 heterocycles. The van der Waals surface area contributed by atoms with Crippen LogP contribution in [0.1, 0.15) is 17.0 Å². The molecule has 0 radical (unpaired) electrons. The lowest BCUT2D eigenvalue weighted by molar-refractivity contribution is -0.0231. The molecule has 0 saturated carbocycles. The van der Waals surface area contributed by atoms with E-state index < -0.39 is 18.3 Å². The summed E-state index contributed by atoms with van der Waals surface area (Å²) in [6.45, 7) is 1.29. The van der Waals surface area contributed by atoms with Crippen molar-refractivity contribution in [3.8, 4) is 11.5 Å². The molecule has 1 fully saturated rings. The molecule has 0 amide bonds. The minimum absolute atomic E-state index is 0.00648. The van der Waals surface area contributed by atoms with Crippen LogP contribution in [0.3, 0.4) is 0 Å². The van der Waals surface area contributed by atoms with Crippen molar-refractivity contribution in [2.24, 2.45) is 0 Å². The molecule has 1 aromatic carbocycles. The van der Waals surface area contributed by atoms with Gasteiger partial charge >= 0.3 is 0 Å². The highest BCUT2D eigenvalue weighted by molar-refractivity contribution is 5.53. The van der Waals surface area contributed by atoms with E-state index in [1.807, 2.05) is 18.2 Å². The second-order valence-corrected chi connectivity index (χ2v) is 6.68. The Kier molecular flexibility index (Phi) is 3.80. The molecule has 2 aliphatic heterocycles. The summed E-state index contributed by atoms with van der Waals surface area (Å²) in [6.07, 6.45) is 0.284. The van der Waals surface area contributed by atoms with E-state index in [-0.39, 0.29) is 12.0 Å². The summed E-state index contributed by atoms with van der Waals surface area (Å²) in [6, 6.07) is 3.94. The van der Waals surface area contributed by atoms with Gasteiger partial charge in [0, 0.05) is 32.2 Å². The molecule has 2 N–H and O–H groups in total. The van der Waals surface area contributed by atoms with Crippen LogP contribution in [0.5, 0.6) is 11.5 Å². The Bertz CT molecular complexity index is 688. The van der Waals surface area contributed by atoms with Crippen LogP contribution in [0.15, 0.2) is 23.8 Å². The number of ether oxygens (including phenoxy) is 3. The molecule has 3 aliphatic rings. The summed E-state index contributed by atoms with van der Waals surface area (Å²) in [5, 5.41) is 21.4. The van der Waals surface area contributed by atoms with Gasteiger partial charge in [0.2, 0.25) is 0 Å². The Morgan fingerprint density at radius 1 is 1.08 bits per heavy atom. The second kappa shape index (κ2) is 5.74. The van der Waals surface area contributed by atoms with E-state index in [9.17, 15) is 10.2 Å². The lowest BCUT2D eigenvalue weighted by Crippen LogP contribution is -2.50. The first-order valence-electron chi connectivity index (χ1n) is 8.18. The number of methoxy groups -OCH3 is 3. The lowest BCUT2D eigenvalue weighted by Gasteiger charge is -2.45. The van der Waals surface area contributed by atoms with Gasteiger partial charge in [-0.25, -0.2) is 0 Å². The number of benzene rings is 1. The Labute approximate surface area is 141 Å². The zero-order valence-electron chi connectivity index (χ0n) is 14.1. The van der Waals surface area contributed by atoms with Gasteiger partial charge in [-0.2, -0.15) is 0 Å². The molecule has 0 bridgehead atoms. The monoisotopic (exact) mass is 333 g/mol. The first-order valence-corrected chi connectivity index (χ1v) is 8.18. The number of hydrogen-bond acceptors (Lipinski definition) is 6. The molecular formula is C18H23NO5. The smallest absolute Gasteiger partial charge is 0.161 e. The van der Waals surface area contributed by atoms with Gasteiger partial charge in [-0.3, -0.25) is 4.90 Å². The fourth-order valence-corrected chi connectivity index (χ4v) is 4.50. The van der Waals surface area contributed by atoms with Gasteiger partial charge in [0.1, 0.15) is 6.10 Å². The van der Waals surface area contributed by atoms with E-state index >= 15 is 0 Å². The maximum Gasteiger partial charge on any atom is 0.161 e. The molecule has 130 valence electrons. The third-order valence-electron chi connectivity index (χ3n) is 5.58. The van der Waals surface area contributed by atoms with Crippen molar-refractivity contribution in [1.29, 1.82) is 0 Å². The molecule has 24 heavy (non-hydrogen) atoms. The summed E-state index contributed by atoms with van der Waals surface area (Å²) in [4.78, 5) is 2.23. The maximum atomic E-state index is 10.9. The van der Waals surface area contributed by atoms with Crippen LogP contribution in [-0.2, 0) is 11.3 Å². The largest absolute Gasteiger partial charge is 0.493 e. The third kappa shape index (κ3) is 2.10. The molecule has 1 saturated heterocycles. The summed E-state index contributed by atoms with van der Waals surface area (Å²) < 4.78 is 16.3. The molecule has 0 spiro atoms. The Balaban J connectivity index is 1.87. The van der Waals surface area contributed by atoms with Crippen molar-refractivity contribution in [3.63, 3.8) is 0 Å². The maximum absolute atomic E-state index is 10.9. The highest BCUT2D eigenvalue weighted by atomic mass is 16.5. The van der Waals surface area contributed by atoms with Gasteiger partial charge in [0.15, 0.2) is 11.5 Å². The normalized spacial score (nSPS) is 34.4. The number of fused-ring (bicyclic) bond motifs is 2. The topological polar surface area (TPSA) is 71.4 Å². The second-order valence-electron chi connectivity index (χ2n) is 6.68. The van der Waals surface area contributed by atoms with Crippen LogP contribution in [-0.4, -0.2) is 67.3 Å². The molecule has 0 unspecified atom stereocenters. The molecule has 1 aliphatic carbocycles. The number of rotatable bonds is 3. The zero-order valence-corrected chi connectivity index (χ0v) is 14.1. The van der Waals surface area contributed by atoms with E-state index in [4.69, 9.17) is 14.2 Å². The molecule has 4 rings (SSSR count). The van der Waals surface area contributed by atoms with E-state index in [1.54, 1.807) is 21.3 Å². The van der Waals surface area contributed by atoms with Crippen LogP contribution in [0, 0.1) is 0 Å². The Morgan fingerprint density at radius 3 is 2.46 bits per heavy atom. The average molecular weight is 333 g/mol. The SMILES string of the molecule is COc1cc2c(cc1OC)[C@@H]1[C@H](O)[C@@H](OC)C=C3[C@H](O)CN(C2)[C@H]31. The molecule has 6 nitrogen and oxygen atoms in total. The number of aliphatic hydroxyl groups is 2. The van der Waals surface area contributed by atoms with Crippen molar-refractivity contribution in [1.82, 2.24) is 4.90 Å². The zero-order chi connectivity index (χ0) is 17.0. The fraction of sp³-hybridized carbons (Fsp3) is 0.556. The van der Waals surface area contributed by atoms with Crippen molar-refractivity contribution in [3.05, 3.63) is 34.9 Å². The third-order valence-corrected chi connectivity index (χ3v) is 5.58. The molecule has 5 atom stereocenters. The van der Waals surface area contributed by atoms with Crippen LogP contribution in [0.2, 0.25) is 0 Å². The lowest BCUT2D eigenvalue weighted by atomic mass is 9.73. The van der Waals surface area contributed by atoms with Crippen molar-refractivity contribution >= 4 is 0 Å². The van der Waals surface area contributed by atoms with Gasteiger partial charge in [-0.1, -0.05) is 0 Å². The van der Waals surface area contributed by atoms with Gasteiger partial charge in [-0.15, -0.1) is 0 Å². The summed E-state index contributed by atoms with van der Waals surface area (Å²) in [5.74, 6) is 1.18. The summed E-state index contributed by atoms with van der Waals surface area (Å²) >= 11 is 0. The minimum Gasteiger partial charge on any atom is -0.493 e. The fourth-order valence-electron chi connectivity index (χ4n) is 4.50. The molecule has 0 aromatic heterocycles. The highest BCUT2D eigenvalue weighted by Crippen LogP contribution is 2.49. The first-order chi connectivity index (χ1) is 11.6. The van der Waals surface area contributed by atoms with Crippen molar-refractivity contribution in [2.75, 3.05) is 27.9 Å². The van der Waals surface area contributed by atoms with Gasteiger partial charge < -0.3 is 24.4 Å².